The van der Waals surface area contributed by atoms with Crippen molar-refractivity contribution in [2.45, 2.75) is 67.3 Å². The molecule has 4 heterocycles. The minimum Gasteiger partial charge on any atom is -0.258 e. The van der Waals surface area contributed by atoms with Gasteiger partial charge in [0.2, 0.25) is 5.28 Å². The molecule has 12 heteroatoms. The second-order valence-corrected chi connectivity index (χ2v) is 9.19. The Balaban J connectivity index is 0.000000196. The summed E-state index contributed by atoms with van der Waals surface area (Å²) in [5, 5.41) is 25.1. The van der Waals surface area contributed by atoms with E-state index in [1.54, 1.807) is 36.5 Å². The molecule has 0 bridgehead atoms. The number of hydrogen-bond acceptors (Lipinski definition) is 7. The van der Waals surface area contributed by atoms with Gasteiger partial charge in [0.1, 0.15) is 11.4 Å². The van der Waals surface area contributed by atoms with Gasteiger partial charge in [-0.05, 0) is 51.6 Å². The highest BCUT2D eigenvalue weighted by molar-refractivity contribution is 6.28. The number of nitrogens with zero attached hydrogens (tertiary/aromatic N) is 9. The summed E-state index contributed by atoms with van der Waals surface area (Å²) >= 11 is 5.86. The van der Waals surface area contributed by atoms with E-state index in [1.807, 2.05) is 24.6 Å². The van der Waals surface area contributed by atoms with Crippen LogP contribution >= 0.6 is 11.6 Å². The summed E-state index contributed by atoms with van der Waals surface area (Å²) in [5.41, 5.74) is 3.63. The normalized spacial score (nSPS) is 12.0. The SMILES string of the molecule is CCCCC(C)Cn1nc(C)c2cnc(Cl)nc21.Cc1cc(-n2nc(C)c([N+](=O)[O-])c2C)n(C)n1. The molecule has 11 nitrogen and oxygen atoms in total. The fraction of sp³-hybridized carbons (Fsp3) is 0.522. The van der Waals surface area contributed by atoms with Crippen LogP contribution in [0.1, 0.15) is 55.9 Å². The third-order valence-corrected chi connectivity index (χ3v) is 5.99. The highest BCUT2D eigenvalue weighted by atomic mass is 35.5. The summed E-state index contributed by atoms with van der Waals surface area (Å²) in [4.78, 5) is 18.8. The van der Waals surface area contributed by atoms with Crippen LogP contribution in [0.5, 0.6) is 0 Å². The molecule has 0 amide bonds. The van der Waals surface area contributed by atoms with Crippen LogP contribution in [-0.4, -0.2) is 44.2 Å². The number of aromatic nitrogens is 8. The monoisotopic (exact) mass is 501 g/mol. The van der Waals surface area contributed by atoms with E-state index >= 15 is 0 Å². The summed E-state index contributed by atoms with van der Waals surface area (Å²) in [7, 11) is 1.78. The Morgan fingerprint density at radius 3 is 2.43 bits per heavy atom. The first-order valence-corrected chi connectivity index (χ1v) is 12.0. The van der Waals surface area contributed by atoms with Crippen molar-refractivity contribution < 1.29 is 4.92 Å². The molecule has 0 aromatic carbocycles. The van der Waals surface area contributed by atoms with Gasteiger partial charge in [-0.3, -0.25) is 14.8 Å². The highest BCUT2D eigenvalue weighted by Crippen LogP contribution is 2.24. The minimum absolute atomic E-state index is 0.0591. The van der Waals surface area contributed by atoms with E-state index in [9.17, 15) is 10.1 Å². The van der Waals surface area contributed by atoms with Gasteiger partial charge in [0.15, 0.2) is 11.5 Å². The lowest BCUT2D eigenvalue weighted by atomic mass is 10.0. The molecule has 0 aliphatic heterocycles. The molecule has 1 atom stereocenters. The maximum absolute atomic E-state index is 10.9. The smallest absolute Gasteiger partial charge is 0.258 e. The van der Waals surface area contributed by atoms with Crippen molar-refractivity contribution in [3.05, 3.63) is 50.4 Å². The van der Waals surface area contributed by atoms with Crippen LogP contribution in [0.2, 0.25) is 5.28 Å². The molecular weight excluding hydrogens is 470 g/mol. The van der Waals surface area contributed by atoms with Crippen molar-refractivity contribution in [2.75, 3.05) is 0 Å². The van der Waals surface area contributed by atoms with Crippen molar-refractivity contribution in [3.63, 3.8) is 0 Å². The topological polar surface area (TPSA) is 122 Å². The average Bonchev–Trinajstić information content (AvgIpc) is 3.38. The number of aryl methyl sites for hydroxylation is 4. The van der Waals surface area contributed by atoms with Gasteiger partial charge in [-0.2, -0.15) is 20.3 Å². The van der Waals surface area contributed by atoms with E-state index in [4.69, 9.17) is 11.6 Å². The second-order valence-electron chi connectivity index (χ2n) is 8.85. The quantitative estimate of drug-likeness (QED) is 0.197. The van der Waals surface area contributed by atoms with Crippen LogP contribution in [0.4, 0.5) is 5.69 Å². The first kappa shape index (κ1) is 26.3. The molecule has 0 radical (unpaired) electrons. The van der Waals surface area contributed by atoms with Crippen LogP contribution in [-0.2, 0) is 13.6 Å². The summed E-state index contributed by atoms with van der Waals surface area (Å²) in [5.74, 6) is 1.32. The Morgan fingerprint density at radius 2 is 1.86 bits per heavy atom. The van der Waals surface area contributed by atoms with Crippen molar-refractivity contribution in [2.24, 2.45) is 13.0 Å². The van der Waals surface area contributed by atoms with Crippen molar-refractivity contribution in [1.29, 1.82) is 0 Å². The van der Waals surface area contributed by atoms with Crippen molar-refractivity contribution >= 4 is 28.3 Å². The van der Waals surface area contributed by atoms with Crippen LogP contribution in [0, 0.1) is 43.7 Å². The summed E-state index contributed by atoms with van der Waals surface area (Å²) < 4.78 is 5.16. The average molecular weight is 502 g/mol. The number of fused-ring (bicyclic) bond motifs is 1. The van der Waals surface area contributed by atoms with Crippen molar-refractivity contribution in [3.8, 4) is 5.82 Å². The van der Waals surface area contributed by atoms with Gasteiger partial charge in [0.05, 0.1) is 21.7 Å². The molecule has 0 N–H and O–H groups in total. The molecule has 4 aromatic heterocycles. The van der Waals surface area contributed by atoms with E-state index in [-0.39, 0.29) is 11.0 Å². The zero-order valence-electron chi connectivity index (χ0n) is 21.3. The minimum atomic E-state index is -0.405. The second kappa shape index (κ2) is 10.9. The lowest BCUT2D eigenvalue weighted by molar-refractivity contribution is -0.386. The first-order valence-electron chi connectivity index (χ1n) is 11.6. The van der Waals surface area contributed by atoms with E-state index in [1.165, 1.54) is 19.3 Å². The molecule has 4 aromatic rings. The fourth-order valence-electron chi connectivity index (χ4n) is 4.07. The van der Waals surface area contributed by atoms with E-state index < -0.39 is 4.92 Å². The number of unbranched alkanes of at least 4 members (excludes halogenated alkanes) is 1. The van der Waals surface area contributed by atoms with E-state index in [2.05, 4.69) is 39.1 Å². The van der Waals surface area contributed by atoms with Gasteiger partial charge < -0.3 is 0 Å². The summed E-state index contributed by atoms with van der Waals surface area (Å²) in [6, 6.07) is 1.84. The molecule has 188 valence electrons. The summed E-state index contributed by atoms with van der Waals surface area (Å²) in [6.07, 6.45) is 5.46. The van der Waals surface area contributed by atoms with Gasteiger partial charge in [-0.1, -0.05) is 26.7 Å². The van der Waals surface area contributed by atoms with Gasteiger partial charge in [-0.15, -0.1) is 0 Å². The number of halogens is 1. The maximum Gasteiger partial charge on any atom is 0.313 e. The van der Waals surface area contributed by atoms with Crippen molar-refractivity contribution in [1.82, 2.24) is 39.3 Å². The Kier molecular flexibility index (Phi) is 8.21. The molecule has 1 unspecified atom stereocenters. The standard InChI is InChI=1S/C13H19ClN4.C10H13N5O2/c1-4-5-6-9(2)8-18-12-11(10(3)17-18)7-15-13(14)16-12;1-6-5-9(13(4)11-6)14-8(3)10(15(16)17)7(2)12-14/h7,9H,4-6,8H2,1-3H3;5H,1-4H3. The molecule has 0 aliphatic rings. The third-order valence-electron chi connectivity index (χ3n) is 5.81. The molecule has 0 saturated heterocycles. The zero-order valence-corrected chi connectivity index (χ0v) is 22.0. The predicted molar refractivity (Wildman–Crippen MR) is 135 cm³/mol. The van der Waals surface area contributed by atoms with Crippen LogP contribution in [0.15, 0.2) is 12.3 Å². The molecule has 0 spiro atoms. The Bertz CT molecular complexity index is 1340. The van der Waals surface area contributed by atoms with E-state index in [0.717, 1.165) is 34.8 Å². The predicted octanol–water partition coefficient (Wildman–Crippen LogP) is 5.05. The highest BCUT2D eigenvalue weighted by Gasteiger charge is 2.23. The lowest BCUT2D eigenvalue weighted by Gasteiger charge is -2.11. The zero-order chi connectivity index (χ0) is 25.9. The molecule has 0 saturated carbocycles. The molecular formula is C23H32ClN9O2. The maximum atomic E-state index is 10.9. The Labute approximate surface area is 209 Å². The fourth-order valence-corrected chi connectivity index (χ4v) is 4.20. The number of nitro groups is 1. The van der Waals surface area contributed by atoms with Gasteiger partial charge in [-0.25, -0.2) is 14.3 Å². The number of hydrogen-bond donors (Lipinski definition) is 0. The Morgan fingerprint density at radius 1 is 1.14 bits per heavy atom. The Hall–Kier alpha value is -3.34. The molecule has 0 aliphatic carbocycles. The van der Waals surface area contributed by atoms with Gasteiger partial charge in [0.25, 0.3) is 0 Å². The van der Waals surface area contributed by atoms with Gasteiger partial charge >= 0.3 is 5.69 Å². The number of rotatable bonds is 7. The first-order chi connectivity index (χ1) is 16.5. The lowest BCUT2D eigenvalue weighted by Crippen LogP contribution is -2.10. The van der Waals surface area contributed by atoms with E-state index in [0.29, 0.717) is 17.3 Å². The summed E-state index contributed by atoms with van der Waals surface area (Å²) in [6.45, 7) is 12.5. The van der Waals surface area contributed by atoms with Crippen LogP contribution in [0.25, 0.3) is 16.9 Å². The van der Waals surface area contributed by atoms with Gasteiger partial charge in [0, 0.05) is 25.9 Å². The van der Waals surface area contributed by atoms with Crippen LogP contribution in [0.3, 0.4) is 0 Å². The van der Waals surface area contributed by atoms with Crippen LogP contribution < -0.4 is 0 Å². The largest absolute Gasteiger partial charge is 0.313 e. The molecule has 35 heavy (non-hydrogen) atoms. The molecule has 4 rings (SSSR count). The molecule has 0 fully saturated rings. The third kappa shape index (κ3) is 5.84.